The van der Waals surface area contributed by atoms with Crippen LogP contribution >= 0.6 is 0 Å². The van der Waals surface area contributed by atoms with Crippen LogP contribution in [0.3, 0.4) is 0 Å². The van der Waals surface area contributed by atoms with Gasteiger partial charge in [0.25, 0.3) is 5.91 Å². The van der Waals surface area contributed by atoms with Gasteiger partial charge < -0.3 is 19.5 Å². The highest BCUT2D eigenvalue weighted by Crippen LogP contribution is 2.16. The molecule has 0 saturated heterocycles. The van der Waals surface area contributed by atoms with E-state index in [1.807, 2.05) is 24.3 Å². The van der Waals surface area contributed by atoms with Crippen LogP contribution in [0.2, 0.25) is 0 Å². The van der Waals surface area contributed by atoms with E-state index in [4.69, 9.17) is 14.2 Å². The first-order chi connectivity index (χ1) is 10.7. The molecule has 0 bridgehead atoms. The summed E-state index contributed by atoms with van der Waals surface area (Å²) >= 11 is 0. The third-order valence-electron chi connectivity index (χ3n) is 3.07. The Balaban J connectivity index is 1.74. The first-order valence-corrected chi connectivity index (χ1v) is 6.92. The first-order valence-electron chi connectivity index (χ1n) is 6.92. The second-order valence-corrected chi connectivity index (χ2v) is 4.51. The number of methoxy groups -OCH3 is 2. The van der Waals surface area contributed by atoms with Crippen LogP contribution in [0, 0.1) is 0 Å². The summed E-state index contributed by atoms with van der Waals surface area (Å²) in [5.74, 6) is 2.10. The van der Waals surface area contributed by atoms with Gasteiger partial charge in [0.05, 0.1) is 20.8 Å². The lowest BCUT2D eigenvalue weighted by Crippen LogP contribution is -2.28. The number of nitrogens with one attached hydrogen (secondary N) is 1. The maximum Gasteiger partial charge on any atom is 0.251 e. The van der Waals surface area contributed by atoms with Crippen molar-refractivity contribution >= 4 is 5.91 Å². The number of hydrogen-bond donors (Lipinski definition) is 1. The van der Waals surface area contributed by atoms with Crippen molar-refractivity contribution < 1.29 is 19.0 Å². The van der Waals surface area contributed by atoms with Gasteiger partial charge in [0.2, 0.25) is 0 Å². The molecule has 0 saturated carbocycles. The fourth-order valence-electron chi connectivity index (χ4n) is 1.85. The second kappa shape index (κ2) is 7.93. The lowest BCUT2D eigenvalue weighted by Gasteiger charge is -2.08. The molecule has 0 unspecified atom stereocenters. The van der Waals surface area contributed by atoms with Crippen molar-refractivity contribution in [3.8, 4) is 17.2 Å². The summed E-state index contributed by atoms with van der Waals surface area (Å²) in [5, 5.41) is 2.80. The van der Waals surface area contributed by atoms with Gasteiger partial charge in [-0.15, -0.1) is 0 Å². The summed E-state index contributed by atoms with van der Waals surface area (Å²) in [4.78, 5) is 11.9. The van der Waals surface area contributed by atoms with Gasteiger partial charge in [-0.2, -0.15) is 0 Å². The molecule has 1 amide bonds. The van der Waals surface area contributed by atoms with Crippen molar-refractivity contribution in [2.45, 2.75) is 0 Å². The van der Waals surface area contributed by atoms with E-state index in [1.54, 1.807) is 38.5 Å². The zero-order valence-electron chi connectivity index (χ0n) is 12.7. The minimum Gasteiger partial charge on any atom is -0.497 e. The highest BCUT2D eigenvalue weighted by molar-refractivity contribution is 5.94. The number of carbonyl (C=O) groups is 1. The van der Waals surface area contributed by atoms with Crippen LogP contribution in [-0.2, 0) is 0 Å². The van der Waals surface area contributed by atoms with Gasteiger partial charge in [-0.25, -0.2) is 0 Å². The normalized spacial score (nSPS) is 9.91. The monoisotopic (exact) mass is 301 g/mol. The quantitative estimate of drug-likeness (QED) is 0.798. The Bertz CT molecular complexity index is 593. The molecule has 5 nitrogen and oxygen atoms in total. The molecular weight excluding hydrogens is 282 g/mol. The van der Waals surface area contributed by atoms with Crippen molar-refractivity contribution in [2.24, 2.45) is 0 Å². The maximum absolute atomic E-state index is 11.9. The van der Waals surface area contributed by atoms with Gasteiger partial charge in [-0.05, 0) is 48.5 Å². The van der Waals surface area contributed by atoms with E-state index >= 15 is 0 Å². The molecule has 0 heterocycles. The number of benzene rings is 2. The SMILES string of the molecule is COc1ccc(OCCNC(=O)c2ccc(OC)cc2)cc1. The summed E-state index contributed by atoms with van der Waals surface area (Å²) in [7, 11) is 3.20. The molecule has 0 atom stereocenters. The Hall–Kier alpha value is -2.69. The predicted octanol–water partition coefficient (Wildman–Crippen LogP) is 2.51. The number of rotatable bonds is 7. The Labute approximate surface area is 129 Å². The molecule has 1 N–H and O–H groups in total. The van der Waals surface area contributed by atoms with Crippen molar-refractivity contribution in [3.05, 3.63) is 54.1 Å². The third-order valence-corrected chi connectivity index (χ3v) is 3.07. The molecule has 22 heavy (non-hydrogen) atoms. The number of amides is 1. The summed E-state index contributed by atoms with van der Waals surface area (Å²) in [6, 6.07) is 14.2. The fraction of sp³-hybridized carbons (Fsp3) is 0.235. The van der Waals surface area contributed by atoms with Crippen molar-refractivity contribution in [1.29, 1.82) is 0 Å². The average Bonchev–Trinajstić information content (AvgIpc) is 2.59. The van der Waals surface area contributed by atoms with Crippen LogP contribution in [0.1, 0.15) is 10.4 Å². The summed E-state index contributed by atoms with van der Waals surface area (Å²) < 4.78 is 15.7. The largest absolute Gasteiger partial charge is 0.497 e. The Morgan fingerprint density at radius 1 is 0.864 bits per heavy atom. The standard InChI is InChI=1S/C17H19NO4/c1-20-14-5-3-13(4-6-14)17(19)18-11-12-22-16-9-7-15(21-2)8-10-16/h3-10H,11-12H2,1-2H3,(H,18,19). The Kier molecular flexibility index (Phi) is 5.65. The van der Waals surface area contributed by atoms with Crippen LogP contribution in [-0.4, -0.2) is 33.3 Å². The van der Waals surface area contributed by atoms with E-state index in [0.717, 1.165) is 17.2 Å². The number of carbonyl (C=O) groups excluding carboxylic acids is 1. The van der Waals surface area contributed by atoms with Gasteiger partial charge in [0.1, 0.15) is 23.9 Å². The van der Waals surface area contributed by atoms with E-state index in [-0.39, 0.29) is 5.91 Å². The molecule has 2 aromatic carbocycles. The van der Waals surface area contributed by atoms with Gasteiger partial charge in [0.15, 0.2) is 0 Å². The van der Waals surface area contributed by atoms with Gasteiger partial charge >= 0.3 is 0 Å². The van der Waals surface area contributed by atoms with E-state index in [9.17, 15) is 4.79 Å². The van der Waals surface area contributed by atoms with Crippen molar-refractivity contribution in [3.63, 3.8) is 0 Å². The molecule has 0 aliphatic carbocycles. The van der Waals surface area contributed by atoms with E-state index in [2.05, 4.69) is 5.32 Å². The Morgan fingerprint density at radius 3 is 1.91 bits per heavy atom. The molecule has 0 aliphatic heterocycles. The average molecular weight is 301 g/mol. The zero-order valence-corrected chi connectivity index (χ0v) is 12.7. The fourth-order valence-corrected chi connectivity index (χ4v) is 1.85. The molecular formula is C17H19NO4. The van der Waals surface area contributed by atoms with Crippen LogP contribution in [0.15, 0.2) is 48.5 Å². The Morgan fingerprint density at radius 2 is 1.36 bits per heavy atom. The van der Waals surface area contributed by atoms with E-state index < -0.39 is 0 Å². The molecule has 5 heteroatoms. The van der Waals surface area contributed by atoms with Crippen LogP contribution in [0.25, 0.3) is 0 Å². The maximum atomic E-state index is 11.9. The molecule has 0 radical (unpaired) electrons. The summed E-state index contributed by atoms with van der Waals surface area (Å²) in [6.45, 7) is 0.825. The molecule has 2 aromatic rings. The molecule has 0 spiro atoms. The molecule has 2 rings (SSSR count). The van der Waals surface area contributed by atoms with E-state index in [1.165, 1.54) is 0 Å². The molecule has 0 aromatic heterocycles. The summed E-state index contributed by atoms with van der Waals surface area (Å²) in [5.41, 5.74) is 0.588. The minimum absolute atomic E-state index is 0.138. The van der Waals surface area contributed by atoms with Crippen molar-refractivity contribution in [2.75, 3.05) is 27.4 Å². The van der Waals surface area contributed by atoms with Crippen LogP contribution < -0.4 is 19.5 Å². The van der Waals surface area contributed by atoms with Gasteiger partial charge in [-0.3, -0.25) is 4.79 Å². The summed E-state index contributed by atoms with van der Waals surface area (Å²) in [6.07, 6.45) is 0. The number of ether oxygens (including phenoxy) is 3. The topological polar surface area (TPSA) is 56.8 Å². The van der Waals surface area contributed by atoms with Crippen molar-refractivity contribution in [1.82, 2.24) is 5.32 Å². The van der Waals surface area contributed by atoms with Gasteiger partial charge in [0, 0.05) is 5.56 Å². The predicted molar refractivity (Wildman–Crippen MR) is 83.8 cm³/mol. The van der Waals surface area contributed by atoms with Crippen LogP contribution in [0.4, 0.5) is 0 Å². The highest BCUT2D eigenvalue weighted by Gasteiger charge is 2.04. The highest BCUT2D eigenvalue weighted by atomic mass is 16.5. The molecule has 0 fully saturated rings. The third kappa shape index (κ3) is 4.41. The zero-order chi connectivity index (χ0) is 15.8. The van der Waals surface area contributed by atoms with Crippen LogP contribution in [0.5, 0.6) is 17.2 Å². The smallest absolute Gasteiger partial charge is 0.251 e. The van der Waals surface area contributed by atoms with Gasteiger partial charge in [-0.1, -0.05) is 0 Å². The molecule has 116 valence electrons. The lowest BCUT2D eigenvalue weighted by atomic mass is 10.2. The minimum atomic E-state index is -0.138. The first kappa shape index (κ1) is 15.7. The second-order valence-electron chi connectivity index (χ2n) is 4.51. The lowest BCUT2D eigenvalue weighted by molar-refractivity contribution is 0.0947. The molecule has 0 aliphatic rings. The van der Waals surface area contributed by atoms with E-state index in [0.29, 0.717) is 18.7 Å². The number of hydrogen-bond acceptors (Lipinski definition) is 4.